The molecule has 0 bridgehead atoms. The maximum Gasteiger partial charge on any atom is 0.234 e. The maximum absolute atomic E-state index is 5.58. The normalized spacial score (nSPS) is 14.6. The first-order valence-electron chi connectivity index (χ1n) is 6.76. The highest BCUT2D eigenvalue weighted by atomic mass is 16.5. The Morgan fingerprint density at radius 1 is 1.44 bits per heavy atom. The van der Waals surface area contributed by atoms with E-state index in [1.165, 1.54) is 12.8 Å². The first kappa shape index (κ1) is 13.1. The Kier molecular flexibility index (Phi) is 4.75. The second kappa shape index (κ2) is 6.54. The summed E-state index contributed by atoms with van der Waals surface area (Å²) in [7, 11) is 0. The Balaban J connectivity index is 2.03. The maximum atomic E-state index is 5.58. The van der Waals surface area contributed by atoms with Crippen molar-refractivity contribution in [1.82, 2.24) is 9.97 Å². The third-order valence-electron chi connectivity index (χ3n) is 2.94. The molecule has 100 valence electrons. The van der Waals surface area contributed by atoms with Crippen LogP contribution in [0, 0.1) is 0 Å². The van der Waals surface area contributed by atoms with E-state index in [9.17, 15) is 0 Å². The van der Waals surface area contributed by atoms with Gasteiger partial charge in [0.25, 0.3) is 0 Å². The highest BCUT2D eigenvalue weighted by Gasteiger charge is 2.29. The quantitative estimate of drug-likeness (QED) is 0.759. The summed E-state index contributed by atoms with van der Waals surface area (Å²) >= 11 is 0. The molecule has 0 unspecified atom stereocenters. The largest absolute Gasteiger partial charge is 0.477 e. The van der Waals surface area contributed by atoms with Gasteiger partial charge in [0.15, 0.2) is 5.82 Å². The van der Waals surface area contributed by atoms with Crippen LogP contribution >= 0.6 is 0 Å². The number of hydrogen-bond donors (Lipinski definition) is 1. The third kappa shape index (κ3) is 3.57. The highest BCUT2D eigenvalue weighted by Crippen LogP contribution is 2.30. The second-order valence-corrected chi connectivity index (χ2v) is 4.63. The summed E-state index contributed by atoms with van der Waals surface area (Å²) in [6, 6.07) is 0.618. The minimum Gasteiger partial charge on any atom is -0.477 e. The molecule has 1 aromatic rings. The standard InChI is InChI=1S/C13H22N4O/c1-2-8-18-13-10-15-9-12(16-13)17(7-3-6-14)11-4-5-11/h9-11H,2-8,14H2,1H3. The van der Waals surface area contributed by atoms with Crippen molar-refractivity contribution in [3.05, 3.63) is 12.4 Å². The molecule has 1 aromatic heterocycles. The van der Waals surface area contributed by atoms with Crippen molar-refractivity contribution >= 4 is 5.82 Å². The fourth-order valence-corrected chi connectivity index (χ4v) is 1.88. The summed E-state index contributed by atoms with van der Waals surface area (Å²) in [6.45, 7) is 4.43. The summed E-state index contributed by atoms with van der Waals surface area (Å²) < 4.78 is 5.53. The van der Waals surface area contributed by atoms with Gasteiger partial charge in [0.1, 0.15) is 0 Å². The molecule has 2 rings (SSSR count). The molecule has 0 spiro atoms. The van der Waals surface area contributed by atoms with Crippen molar-refractivity contribution in [2.75, 3.05) is 24.6 Å². The number of rotatable bonds is 8. The van der Waals surface area contributed by atoms with Gasteiger partial charge < -0.3 is 15.4 Å². The lowest BCUT2D eigenvalue weighted by atomic mass is 10.3. The lowest BCUT2D eigenvalue weighted by Crippen LogP contribution is -2.29. The Hall–Kier alpha value is -1.36. The van der Waals surface area contributed by atoms with Crippen LogP contribution in [-0.4, -0.2) is 35.7 Å². The van der Waals surface area contributed by atoms with E-state index in [4.69, 9.17) is 10.5 Å². The predicted molar refractivity (Wildman–Crippen MR) is 71.9 cm³/mol. The average Bonchev–Trinajstić information content (AvgIpc) is 3.22. The first-order chi connectivity index (χ1) is 8.85. The first-order valence-corrected chi connectivity index (χ1v) is 6.76. The minimum atomic E-state index is 0.618. The van der Waals surface area contributed by atoms with E-state index in [0.717, 1.165) is 25.2 Å². The van der Waals surface area contributed by atoms with Gasteiger partial charge >= 0.3 is 0 Å². The molecule has 0 aliphatic heterocycles. The van der Waals surface area contributed by atoms with E-state index in [1.807, 2.05) is 6.20 Å². The Morgan fingerprint density at radius 2 is 2.28 bits per heavy atom. The molecule has 0 aromatic carbocycles. The number of aromatic nitrogens is 2. The van der Waals surface area contributed by atoms with Gasteiger partial charge in [-0.3, -0.25) is 4.98 Å². The zero-order valence-electron chi connectivity index (χ0n) is 11.0. The van der Waals surface area contributed by atoms with Gasteiger partial charge in [-0.1, -0.05) is 6.92 Å². The van der Waals surface area contributed by atoms with E-state index in [2.05, 4.69) is 21.8 Å². The van der Waals surface area contributed by atoms with E-state index < -0.39 is 0 Å². The lowest BCUT2D eigenvalue weighted by Gasteiger charge is -2.23. The molecule has 0 saturated heterocycles. The third-order valence-corrected chi connectivity index (χ3v) is 2.94. The van der Waals surface area contributed by atoms with Gasteiger partial charge in [0, 0.05) is 12.6 Å². The van der Waals surface area contributed by atoms with Crippen LogP contribution < -0.4 is 15.4 Å². The molecule has 0 atom stereocenters. The van der Waals surface area contributed by atoms with Crippen LogP contribution in [0.2, 0.25) is 0 Å². The summed E-state index contributed by atoms with van der Waals surface area (Å²) in [6.07, 6.45) is 7.93. The van der Waals surface area contributed by atoms with Crippen LogP contribution in [0.3, 0.4) is 0 Å². The molecule has 1 saturated carbocycles. The smallest absolute Gasteiger partial charge is 0.234 e. The monoisotopic (exact) mass is 250 g/mol. The Morgan fingerprint density at radius 3 is 2.94 bits per heavy atom. The number of anilines is 1. The van der Waals surface area contributed by atoms with Crippen molar-refractivity contribution in [3.63, 3.8) is 0 Å². The molecule has 1 heterocycles. The van der Waals surface area contributed by atoms with Gasteiger partial charge in [0.2, 0.25) is 5.88 Å². The molecule has 1 fully saturated rings. The van der Waals surface area contributed by atoms with Crippen molar-refractivity contribution in [2.24, 2.45) is 5.73 Å². The van der Waals surface area contributed by atoms with Gasteiger partial charge in [0.05, 0.1) is 19.0 Å². The average molecular weight is 250 g/mol. The summed E-state index contributed by atoms with van der Waals surface area (Å²) in [5.74, 6) is 1.53. The molecule has 0 radical (unpaired) electrons. The summed E-state index contributed by atoms with van der Waals surface area (Å²) in [4.78, 5) is 11.0. The minimum absolute atomic E-state index is 0.618. The lowest BCUT2D eigenvalue weighted by molar-refractivity contribution is 0.304. The number of hydrogen-bond acceptors (Lipinski definition) is 5. The van der Waals surface area contributed by atoms with Crippen molar-refractivity contribution in [1.29, 1.82) is 0 Å². The molecule has 0 amide bonds. The summed E-state index contributed by atoms with van der Waals surface area (Å²) in [5, 5.41) is 0. The van der Waals surface area contributed by atoms with E-state index in [-0.39, 0.29) is 0 Å². The molecular weight excluding hydrogens is 228 g/mol. The van der Waals surface area contributed by atoms with Gasteiger partial charge in [-0.25, -0.2) is 0 Å². The van der Waals surface area contributed by atoms with Crippen molar-refractivity contribution < 1.29 is 4.74 Å². The van der Waals surface area contributed by atoms with E-state index in [0.29, 0.717) is 25.1 Å². The van der Waals surface area contributed by atoms with Crippen LogP contribution in [0.15, 0.2) is 12.4 Å². The van der Waals surface area contributed by atoms with Gasteiger partial charge in [-0.05, 0) is 32.2 Å². The molecule has 5 nitrogen and oxygen atoms in total. The van der Waals surface area contributed by atoms with Crippen molar-refractivity contribution in [3.8, 4) is 5.88 Å². The molecule has 1 aliphatic rings. The second-order valence-electron chi connectivity index (χ2n) is 4.63. The molecular formula is C13H22N4O. The predicted octanol–water partition coefficient (Wildman–Crippen LogP) is 1.58. The van der Waals surface area contributed by atoms with E-state index in [1.54, 1.807) is 6.20 Å². The Bertz CT molecular complexity index is 368. The molecule has 5 heteroatoms. The number of nitrogens with two attached hydrogens (primary N) is 1. The topological polar surface area (TPSA) is 64.3 Å². The van der Waals surface area contributed by atoms with Crippen molar-refractivity contribution in [2.45, 2.75) is 38.6 Å². The zero-order chi connectivity index (χ0) is 12.8. The number of nitrogens with zero attached hydrogens (tertiary/aromatic N) is 3. The summed E-state index contributed by atoms with van der Waals surface area (Å²) in [5.41, 5.74) is 5.58. The van der Waals surface area contributed by atoms with Crippen LogP contribution in [-0.2, 0) is 0 Å². The highest BCUT2D eigenvalue weighted by molar-refractivity contribution is 5.40. The van der Waals surface area contributed by atoms with Gasteiger partial charge in [-0.15, -0.1) is 0 Å². The molecule has 2 N–H and O–H groups in total. The fraction of sp³-hybridized carbons (Fsp3) is 0.692. The van der Waals surface area contributed by atoms with E-state index >= 15 is 0 Å². The van der Waals surface area contributed by atoms with Crippen LogP contribution in [0.25, 0.3) is 0 Å². The SMILES string of the molecule is CCCOc1cncc(N(CCCN)C2CC2)n1. The molecule has 1 aliphatic carbocycles. The van der Waals surface area contributed by atoms with Crippen LogP contribution in [0.5, 0.6) is 5.88 Å². The fourth-order valence-electron chi connectivity index (χ4n) is 1.88. The van der Waals surface area contributed by atoms with Crippen LogP contribution in [0.1, 0.15) is 32.6 Å². The number of ether oxygens (including phenoxy) is 1. The zero-order valence-corrected chi connectivity index (χ0v) is 11.0. The molecule has 18 heavy (non-hydrogen) atoms. The Labute approximate surface area is 108 Å². The van der Waals surface area contributed by atoms with Crippen LogP contribution in [0.4, 0.5) is 5.82 Å². The van der Waals surface area contributed by atoms with Gasteiger partial charge in [-0.2, -0.15) is 4.98 Å².